The molecule has 0 aromatic heterocycles. The number of amides is 1. The van der Waals surface area contributed by atoms with Gasteiger partial charge in [0.1, 0.15) is 24.6 Å². The third-order valence-corrected chi connectivity index (χ3v) is 10.8. The fourth-order valence-corrected chi connectivity index (χ4v) is 7.88. The van der Waals surface area contributed by atoms with E-state index in [1.54, 1.807) is 51.1 Å². The van der Waals surface area contributed by atoms with Crippen molar-refractivity contribution in [3.63, 3.8) is 0 Å². The summed E-state index contributed by atoms with van der Waals surface area (Å²) in [5.41, 5.74) is 3.86. The number of hydrogen-bond donors (Lipinski definition) is 5. The van der Waals surface area contributed by atoms with Crippen LogP contribution in [0.3, 0.4) is 0 Å². The fraction of sp³-hybridized carbons (Fsp3) is 0.372. The molecule has 60 heavy (non-hydrogen) atoms. The molecule has 314 valence electrons. The van der Waals surface area contributed by atoms with Gasteiger partial charge in [-0.3, -0.25) is 9.59 Å². The molecule has 16 nitrogen and oxygen atoms in total. The van der Waals surface area contributed by atoms with Crippen molar-refractivity contribution < 1.29 is 62.9 Å². The highest BCUT2D eigenvalue weighted by molar-refractivity contribution is 6.32. The number of methoxy groups -OCH3 is 1. The molecule has 2 aliphatic carbocycles. The number of halogens is 1. The van der Waals surface area contributed by atoms with E-state index in [9.17, 15) is 29.7 Å². The molecule has 4 heterocycles. The van der Waals surface area contributed by atoms with Crippen LogP contribution in [0.15, 0.2) is 72.1 Å². The van der Waals surface area contributed by atoms with E-state index in [4.69, 9.17) is 50.5 Å². The monoisotopic (exact) mass is 843 g/mol. The maximum absolute atomic E-state index is 14.1. The number of likely N-dealkylation sites (N-methyl/N-ethyl adjacent to an activating group) is 1. The van der Waals surface area contributed by atoms with Crippen molar-refractivity contribution in [2.24, 2.45) is 5.73 Å². The number of aliphatic hydroxyl groups excluding tert-OH is 2. The second-order valence-electron chi connectivity index (χ2n) is 15.2. The molecule has 2 aromatic carbocycles. The molecule has 4 aliphatic heterocycles. The molecule has 1 saturated heterocycles. The average Bonchev–Trinajstić information content (AvgIpc) is 3.60. The first-order valence-corrected chi connectivity index (χ1v) is 19.0. The predicted octanol–water partition coefficient (Wildman–Crippen LogP) is 2.80. The quantitative estimate of drug-likeness (QED) is 0.161. The third-order valence-electron chi connectivity index (χ3n) is 10.5. The Balaban J connectivity index is 1.34. The smallest absolute Gasteiger partial charge is 0.341 e. The van der Waals surface area contributed by atoms with Crippen molar-refractivity contribution in [2.75, 3.05) is 33.1 Å². The molecular formula is C43H42ClN3O13. The number of aliphatic hydroxyl groups is 2. The molecule has 6 aliphatic rings. The first kappa shape index (κ1) is 42.3. The lowest BCUT2D eigenvalue weighted by Crippen LogP contribution is -2.68. The number of phenolic OH excluding ortho intramolecular Hbond substituents is 1. The minimum atomic E-state index is -1.80. The van der Waals surface area contributed by atoms with Gasteiger partial charge in [0, 0.05) is 23.8 Å². The Morgan fingerprint density at radius 3 is 2.62 bits per heavy atom. The molecule has 1 unspecified atom stereocenters. The van der Waals surface area contributed by atoms with E-state index in [-0.39, 0.29) is 62.4 Å². The van der Waals surface area contributed by atoms with Crippen molar-refractivity contribution in [1.82, 2.24) is 4.90 Å². The van der Waals surface area contributed by atoms with E-state index in [2.05, 4.69) is 35.6 Å². The topological polar surface area (TPSA) is 218 Å². The zero-order chi connectivity index (χ0) is 43.3. The summed E-state index contributed by atoms with van der Waals surface area (Å²) in [5.74, 6) is 8.83. The number of nitrogens with zero attached hydrogens (tertiary/aromatic N) is 1. The van der Waals surface area contributed by atoms with Gasteiger partial charge < -0.3 is 64.4 Å². The summed E-state index contributed by atoms with van der Waals surface area (Å²) in [7, 11) is 4.87. The van der Waals surface area contributed by atoms with E-state index in [1.165, 1.54) is 37.5 Å². The van der Waals surface area contributed by atoms with Crippen molar-refractivity contribution >= 4 is 35.1 Å². The third kappa shape index (κ3) is 7.94. The highest BCUT2D eigenvalue weighted by Gasteiger charge is 2.55. The van der Waals surface area contributed by atoms with Crippen molar-refractivity contribution in [2.45, 2.75) is 74.3 Å². The average molecular weight is 844 g/mol. The van der Waals surface area contributed by atoms with Crippen LogP contribution >= 0.6 is 11.6 Å². The zero-order valence-electron chi connectivity index (χ0n) is 33.1. The lowest BCUT2D eigenvalue weighted by Gasteiger charge is -2.51. The van der Waals surface area contributed by atoms with Gasteiger partial charge in [-0.1, -0.05) is 42.0 Å². The van der Waals surface area contributed by atoms with Crippen molar-refractivity contribution in [3.8, 4) is 46.7 Å². The second kappa shape index (κ2) is 16.3. The minimum absolute atomic E-state index is 0.0160. The number of phenols is 1. The maximum atomic E-state index is 14.1. The van der Waals surface area contributed by atoms with Crippen molar-refractivity contribution in [3.05, 3.63) is 88.2 Å². The molecule has 2 aromatic rings. The molecule has 1 fully saturated rings. The van der Waals surface area contributed by atoms with E-state index >= 15 is 0 Å². The van der Waals surface area contributed by atoms with Crippen LogP contribution in [0.2, 0.25) is 5.02 Å². The second-order valence-corrected chi connectivity index (χ2v) is 15.6. The fourth-order valence-electron chi connectivity index (χ4n) is 7.61. The summed E-state index contributed by atoms with van der Waals surface area (Å²) in [5, 5.41) is 36.6. The summed E-state index contributed by atoms with van der Waals surface area (Å²) < 4.78 is 41.9. The highest BCUT2D eigenvalue weighted by Crippen LogP contribution is 2.44. The molecule has 4 bridgehead atoms. The minimum Gasteiger partial charge on any atom is -0.504 e. The maximum Gasteiger partial charge on any atom is 0.341 e. The summed E-state index contributed by atoms with van der Waals surface area (Å²) in [4.78, 5) is 41.6. The molecule has 0 saturated carbocycles. The van der Waals surface area contributed by atoms with Gasteiger partial charge in [-0.05, 0) is 69.8 Å². The number of esters is 2. The Morgan fingerprint density at radius 1 is 1.13 bits per heavy atom. The van der Waals surface area contributed by atoms with E-state index < -0.39 is 84.2 Å². The molecule has 17 heteroatoms. The molecule has 8 atom stereocenters. The Hall–Kier alpha value is -5.82. The lowest BCUT2D eigenvalue weighted by atomic mass is 9.85. The first-order valence-electron chi connectivity index (χ1n) is 18.6. The van der Waals surface area contributed by atoms with Crippen LogP contribution in [0.25, 0.3) is 0 Å². The number of fused-ring (bicyclic) bond motifs is 9. The van der Waals surface area contributed by atoms with Crippen LogP contribution in [0.1, 0.15) is 42.2 Å². The number of aromatic hydroxyl groups is 1. The molecule has 1 amide bonds. The number of hydrogen-bond acceptors (Lipinski definition) is 15. The molecule has 6 N–H and O–H groups in total. The van der Waals surface area contributed by atoms with E-state index in [0.717, 1.165) is 0 Å². The van der Waals surface area contributed by atoms with Gasteiger partial charge in [-0.2, -0.15) is 0 Å². The van der Waals surface area contributed by atoms with Crippen LogP contribution < -0.4 is 25.3 Å². The van der Waals surface area contributed by atoms with Crippen LogP contribution in [0.5, 0.6) is 23.0 Å². The number of carbonyl (C=O) groups excluding carboxylic acids is 3. The number of ether oxygens (including phenoxy) is 7. The Labute approximate surface area is 350 Å². The van der Waals surface area contributed by atoms with Gasteiger partial charge >= 0.3 is 11.9 Å². The predicted molar refractivity (Wildman–Crippen MR) is 214 cm³/mol. The lowest BCUT2D eigenvalue weighted by molar-refractivity contribution is -0.329. The van der Waals surface area contributed by atoms with Gasteiger partial charge in [-0.25, -0.2) is 4.79 Å². The van der Waals surface area contributed by atoms with Crippen LogP contribution in [0.4, 0.5) is 5.69 Å². The number of nitrogens with one attached hydrogen (secondary N) is 1. The van der Waals surface area contributed by atoms with Crippen LogP contribution in [-0.4, -0.2) is 114 Å². The Bertz CT molecular complexity index is 2360. The standard InChI is InChI=1S/C43H42ClN3O13/c1-21-39(52)46-34-26(17-25(54-6)18-30(34)56-21)40(53)57-31-20-55-33(49)19-28(45)23-15-27(44)37(29(48)16-23)58-32-11-7-9-22(31)12-13-24-10-8-14-43(24,32)60-41-36(51)35(50)38(47(4)5)42(2,3)59-41/h8-10,14-18,28,31-32,35-36,38,41,48,50-51H,1,19-20,45H2,2-6H3,(H,46,52)/b22-9+/t28-,31-,32+,35+,36+,38-,41-,43?/m0/s1. The molecule has 8 rings (SSSR count). The summed E-state index contributed by atoms with van der Waals surface area (Å²) in [6.07, 6.45) is -1.46. The number of benzene rings is 2. The molecule has 0 spiro atoms. The molecular weight excluding hydrogens is 802 g/mol. The normalized spacial score (nSPS) is 29.9. The van der Waals surface area contributed by atoms with E-state index in [0.29, 0.717) is 0 Å². The Morgan fingerprint density at radius 2 is 1.90 bits per heavy atom. The SMILES string of the molecule is C=C1Oc2cc(OC)cc(C(=O)O[C@H]3COC(=O)C[C@H](N)c4cc(O)c(c(Cl)c4)O[C@@H]4C#C/C=C/3C#CC3=CC=CC34O[C@@H]3OC(C)(C)[C@@H](N(C)C)[C@H](O)[C@H]3O)c2NC1=O. The highest BCUT2D eigenvalue weighted by atomic mass is 35.5. The number of anilines is 1. The van der Waals surface area contributed by atoms with Crippen LogP contribution in [0, 0.1) is 23.7 Å². The zero-order valence-corrected chi connectivity index (χ0v) is 33.9. The van der Waals surface area contributed by atoms with Crippen molar-refractivity contribution in [1.29, 1.82) is 0 Å². The van der Waals surface area contributed by atoms with Gasteiger partial charge in [-0.15, -0.1) is 0 Å². The van der Waals surface area contributed by atoms with Gasteiger partial charge in [0.15, 0.2) is 47.1 Å². The summed E-state index contributed by atoms with van der Waals surface area (Å²) >= 11 is 6.70. The van der Waals surface area contributed by atoms with Crippen LogP contribution in [-0.2, 0) is 28.5 Å². The summed E-state index contributed by atoms with van der Waals surface area (Å²) in [6.45, 7) is 6.50. The van der Waals surface area contributed by atoms with E-state index in [1.807, 2.05) is 0 Å². The number of carbonyl (C=O) groups is 3. The summed E-state index contributed by atoms with van der Waals surface area (Å²) in [6, 6.07) is 3.83. The Kier molecular flexibility index (Phi) is 11.5. The number of nitrogens with two attached hydrogens (primary N) is 1. The first-order chi connectivity index (χ1) is 28.4. The largest absolute Gasteiger partial charge is 0.504 e. The number of allylic oxidation sites excluding steroid dienone is 3. The van der Waals surface area contributed by atoms with Gasteiger partial charge in [0.05, 0.1) is 47.0 Å². The number of rotatable bonds is 6. The van der Waals surface area contributed by atoms with Gasteiger partial charge in [0.2, 0.25) is 0 Å². The molecule has 0 radical (unpaired) electrons. The van der Waals surface area contributed by atoms with Gasteiger partial charge in [0.25, 0.3) is 5.91 Å².